The number of hydrogen-bond donors (Lipinski definition) is 0. The van der Waals surface area contributed by atoms with Gasteiger partial charge in [-0.05, 0) is 96.3 Å². The van der Waals surface area contributed by atoms with Gasteiger partial charge in [-0.1, -0.05) is 424 Å². The van der Waals surface area contributed by atoms with Crippen molar-refractivity contribution < 1.29 is 42.1 Å². The lowest BCUT2D eigenvalue weighted by molar-refractivity contribution is -0.870. The lowest BCUT2D eigenvalue weighted by Gasteiger charge is -2.28. The fourth-order valence-corrected chi connectivity index (χ4v) is 13.3. The Balaban J connectivity index is 3.98. The van der Waals surface area contributed by atoms with E-state index < -0.39 is 26.5 Å². The zero-order valence-electron chi connectivity index (χ0n) is 68.7. The van der Waals surface area contributed by atoms with Crippen molar-refractivity contribution >= 4 is 19.8 Å². The predicted molar refractivity (Wildman–Crippen MR) is 452 cm³/mol. The van der Waals surface area contributed by atoms with E-state index in [1.807, 2.05) is 21.1 Å². The number of allylic oxidation sites excluding steroid dienone is 22. The first-order valence-corrected chi connectivity index (χ1v) is 45.4. The van der Waals surface area contributed by atoms with Gasteiger partial charge >= 0.3 is 11.9 Å². The first-order chi connectivity index (χ1) is 51.0. The minimum atomic E-state index is -4.66. The van der Waals surface area contributed by atoms with Gasteiger partial charge in [-0.3, -0.25) is 14.2 Å². The number of esters is 2. The quantitative estimate of drug-likeness (QED) is 0.0195. The molecule has 0 aliphatic rings. The molecule has 0 amide bonds. The highest BCUT2D eigenvalue weighted by Crippen LogP contribution is 2.38. The monoisotopic (exact) mass is 1470 g/mol. The van der Waals surface area contributed by atoms with Gasteiger partial charge in [0.2, 0.25) is 0 Å². The first kappa shape index (κ1) is 100. The van der Waals surface area contributed by atoms with E-state index in [1.165, 1.54) is 244 Å². The van der Waals surface area contributed by atoms with Crippen LogP contribution >= 0.6 is 7.82 Å². The van der Waals surface area contributed by atoms with Gasteiger partial charge in [0.05, 0.1) is 27.7 Å². The van der Waals surface area contributed by atoms with Crippen molar-refractivity contribution in [3.63, 3.8) is 0 Å². The number of phosphoric acid groups is 1. The van der Waals surface area contributed by atoms with Crippen LogP contribution in [0.4, 0.5) is 0 Å². The van der Waals surface area contributed by atoms with Gasteiger partial charge in [-0.15, -0.1) is 0 Å². The molecule has 0 fully saturated rings. The summed E-state index contributed by atoms with van der Waals surface area (Å²) in [5.74, 6) is -0.837. The molecular formula is C94H166NO8P. The lowest BCUT2D eigenvalue weighted by atomic mass is 10.0. The molecule has 0 aromatic carbocycles. The standard InChI is InChI=1S/C94H166NO8P/c1-6-8-10-12-14-16-18-20-22-24-26-28-30-32-34-36-38-40-42-44-46-47-49-51-53-55-57-59-61-63-65-67-69-71-73-75-77-79-81-83-85-87-94(97)103-92(91-102-104(98,99)101-89-88-95(3,4)5)90-100-93(96)86-84-82-80-78-76-74-72-70-68-66-64-62-60-58-56-54-52-50-48-45-43-41-39-37-35-33-31-29-27-25-23-21-19-17-15-13-11-9-7-2/h8,10,14,16,20,22,26,28,32,34,38,40,44,46,49,51,55,57,61,63,67,69,92H,6-7,9,11-13,15,17-19,21,23-25,27,29-31,33,35-37,39,41-43,45,47-48,50,52-54,56,58-60,62,64-66,68,70-91H2,1-5H3/b10-8-,16-14-,22-20-,28-26-,34-32-,40-38-,46-44-,51-49-,57-55-,63-61-,69-67-. The van der Waals surface area contributed by atoms with Crippen LogP contribution in [0.1, 0.15) is 399 Å². The van der Waals surface area contributed by atoms with E-state index in [1.54, 1.807) is 0 Å². The lowest BCUT2D eigenvalue weighted by Crippen LogP contribution is -2.37. The Kier molecular flexibility index (Phi) is 80.1. The molecule has 0 aliphatic carbocycles. The highest BCUT2D eigenvalue weighted by Gasteiger charge is 2.22. The molecular weight excluding hydrogens is 1300 g/mol. The van der Waals surface area contributed by atoms with E-state index in [-0.39, 0.29) is 32.0 Å². The van der Waals surface area contributed by atoms with Crippen LogP contribution in [-0.2, 0) is 32.7 Å². The van der Waals surface area contributed by atoms with Crippen LogP contribution in [0.25, 0.3) is 0 Å². The molecule has 0 rings (SSSR count). The molecule has 0 aromatic heterocycles. The van der Waals surface area contributed by atoms with Crippen LogP contribution in [0.5, 0.6) is 0 Å². The number of phosphoric ester groups is 1. The summed E-state index contributed by atoms with van der Waals surface area (Å²) >= 11 is 0. The van der Waals surface area contributed by atoms with E-state index in [9.17, 15) is 19.0 Å². The van der Waals surface area contributed by atoms with Gasteiger partial charge in [0.1, 0.15) is 19.8 Å². The number of carbonyl (C=O) groups is 2. The second kappa shape index (κ2) is 83.2. The second-order valence-electron chi connectivity index (χ2n) is 30.5. The van der Waals surface area contributed by atoms with Crippen LogP contribution in [0.2, 0.25) is 0 Å². The largest absolute Gasteiger partial charge is 0.756 e. The molecule has 0 N–H and O–H groups in total. The average Bonchev–Trinajstić information content (AvgIpc) is 0.920. The molecule has 0 spiro atoms. The third-order valence-electron chi connectivity index (χ3n) is 19.2. The molecule has 0 saturated carbocycles. The Bertz CT molecular complexity index is 2230. The van der Waals surface area contributed by atoms with Crippen molar-refractivity contribution in [3.05, 3.63) is 134 Å². The number of carbonyl (C=O) groups excluding carboxylic acids is 2. The second-order valence-corrected chi connectivity index (χ2v) is 31.9. The Morgan fingerprint density at radius 1 is 0.308 bits per heavy atom. The van der Waals surface area contributed by atoms with Gasteiger partial charge in [0.15, 0.2) is 6.10 Å². The van der Waals surface area contributed by atoms with E-state index in [2.05, 4.69) is 148 Å². The van der Waals surface area contributed by atoms with Crippen LogP contribution in [0, 0.1) is 0 Å². The molecule has 0 saturated heterocycles. The highest BCUT2D eigenvalue weighted by molar-refractivity contribution is 7.45. The van der Waals surface area contributed by atoms with E-state index in [0.717, 1.165) is 122 Å². The van der Waals surface area contributed by atoms with E-state index >= 15 is 0 Å². The third kappa shape index (κ3) is 87.1. The number of rotatable bonds is 81. The van der Waals surface area contributed by atoms with Crippen molar-refractivity contribution in [1.82, 2.24) is 0 Å². The summed E-state index contributed by atoms with van der Waals surface area (Å²) in [7, 11) is 1.16. The molecule has 104 heavy (non-hydrogen) atoms. The van der Waals surface area contributed by atoms with Gasteiger partial charge < -0.3 is 27.9 Å². The van der Waals surface area contributed by atoms with Crippen LogP contribution in [-0.4, -0.2) is 70.0 Å². The molecule has 9 nitrogen and oxygen atoms in total. The van der Waals surface area contributed by atoms with Gasteiger partial charge in [-0.25, -0.2) is 0 Å². The maximum absolute atomic E-state index is 12.9. The Morgan fingerprint density at radius 2 is 0.548 bits per heavy atom. The molecule has 0 aliphatic heterocycles. The number of ether oxygens (including phenoxy) is 2. The van der Waals surface area contributed by atoms with Crippen LogP contribution in [0.15, 0.2) is 134 Å². The Morgan fingerprint density at radius 3 is 0.817 bits per heavy atom. The number of likely N-dealkylation sites (N-methyl/N-ethyl adjacent to an activating group) is 1. The average molecular weight is 1470 g/mol. The predicted octanol–water partition coefficient (Wildman–Crippen LogP) is 29.2. The maximum Gasteiger partial charge on any atom is 0.306 e. The fraction of sp³-hybridized carbons (Fsp3) is 0.745. The summed E-state index contributed by atoms with van der Waals surface area (Å²) in [6, 6.07) is 0. The third-order valence-corrected chi connectivity index (χ3v) is 20.1. The Labute approximate surface area is 644 Å². The van der Waals surface area contributed by atoms with Crippen molar-refractivity contribution in [2.24, 2.45) is 0 Å². The van der Waals surface area contributed by atoms with Crippen LogP contribution < -0.4 is 4.89 Å². The zero-order chi connectivity index (χ0) is 75.4. The SMILES string of the molecule is CC/C=C\C/C=C\C/C=C\C/C=C\C/C=C\C/C=C\C/C=C\C/C=C\C/C=C\C/C=C\C/C=C\CCCCCCCCCC(=O)OC(COC(=O)CCCCCCCCCCCCCCCCCCCCCCCCCCCCCCCCCCCCCCCCC)COP(=O)([O-])OCC[N+](C)(C)C. The topological polar surface area (TPSA) is 111 Å². The van der Waals surface area contributed by atoms with Crippen molar-refractivity contribution in [1.29, 1.82) is 0 Å². The first-order valence-electron chi connectivity index (χ1n) is 43.9. The van der Waals surface area contributed by atoms with Crippen molar-refractivity contribution in [2.45, 2.75) is 405 Å². The normalized spacial score (nSPS) is 13.6. The molecule has 0 bridgehead atoms. The molecule has 0 aromatic rings. The minimum absolute atomic E-state index is 0.0374. The minimum Gasteiger partial charge on any atom is -0.756 e. The van der Waals surface area contributed by atoms with Gasteiger partial charge in [0, 0.05) is 12.8 Å². The molecule has 10 heteroatoms. The summed E-state index contributed by atoms with van der Waals surface area (Å²) in [5, 5.41) is 0. The Hall–Kier alpha value is -3.85. The summed E-state index contributed by atoms with van der Waals surface area (Å²) in [6.07, 6.45) is 122. The number of nitrogens with zero attached hydrogens (tertiary/aromatic N) is 1. The molecule has 0 radical (unpaired) electrons. The zero-order valence-corrected chi connectivity index (χ0v) is 69.6. The van der Waals surface area contributed by atoms with Gasteiger partial charge in [0.25, 0.3) is 7.82 Å². The van der Waals surface area contributed by atoms with E-state index in [4.69, 9.17) is 18.5 Å². The molecule has 2 unspecified atom stereocenters. The molecule has 600 valence electrons. The summed E-state index contributed by atoms with van der Waals surface area (Å²) in [5.41, 5.74) is 0. The van der Waals surface area contributed by atoms with Gasteiger partial charge in [-0.2, -0.15) is 0 Å². The number of unbranched alkanes of at least 4 members (excludes halogenated alkanes) is 45. The molecule has 2 atom stereocenters. The summed E-state index contributed by atoms with van der Waals surface area (Å²) in [4.78, 5) is 38.2. The fourth-order valence-electron chi connectivity index (χ4n) is 12.6. The summed E-state index contributed by atoms with van der Waals surface area (Å²) in [6.45, 7) is 4.16. The van der Waals surface area contributed by atoms with Crippen LogP contribution in [0.3, 0.4) is 0 Å². The van der Waals surface area contributed by atoms with E-state index in [0.29, 0.717) is 17.4 Å². The number of hydrogen-bond acceptors (Lipinski definition) is 8. The number of quaternary nitrogens is 1. The summed E-state index contributed by atoms with van der Waals surface area (Å²) < 4.78 is 34.4. The molecule has 0 heterocycles. The maximum atomic E-state index is 12.9. The van der Waals surface area contributed by atoms with Crippen molar-refractivity contribution in [2.75, 3.05) is 47.5 Å². The highest BCUT2D eigenvalue weighted by atomic mass is 31.2. The van der Waals surface area contributed by atoms with Crippen molar-refractivity contribution in [3.8, 4) is 0 Å². The smallest absolute Gasteiger partial charge is 0.306 e.